The molecule has 0 amide bonds. The van der Waals surface area contributed by atoms with Crippen LogP contribution in [-0.4, -0.2) is 32.3 Å². The van der Waals surface area contributed by atoms with E-state index in [0.29, 0.717) is 24.2 Å². The maximum atomic E-state index is 12.1. The summed E-state index contributed by atoms with van der Waals surface area (Å²) in [5.74, 6) is -0.390. The van der Waals surface area contributed by atoms with E-state index in [2.05, 4.69) is 19.6 Å². The van der Waals surface area contributed by atoms with Crippen LogP contribution in [0.5, 0.6) is 0 Å². The van der Waals surface area contributed by atoms with Gasteiger partial charge in [-0.2, -0.15) is 4.57 Å². The number of hydrogen-bond donors (Lipinski definition) is 0. The number of carbonyl (C=O) groups is 1. The Hall–Kier alpha value is -0.643. The zero-order chi connectivity index (χ0) is 17.9. The molecule has 0 fully saturated rings. The number of hydrogen-bond acceptors (Lipinski definition) is 3. The zero-order valence-corrected chi connectivity index (χ0v) is 19.3. The molecule has 0 atom stereocenters. The molecule has 8 heteroatoms. The number of ether oxygens (including phenoxy) is 2. The Labute approximate surface area is 172 Å². The minimum atomic E-state index is -1.15. The van der Waals surface area contributed by atoms with Crippen molar-refractivity contribution < 1.29 is 42.8 Å². The third-order valence-electron chi connectivity index (χ3n) is 3.98. The standard InChI is InChI=1S/C17H26ClN2O3Si.HI/c1-6-19-8-7-14-13(16(19)18)11-15(17(21)22-2)20(14)12-23-9-10-24(3,4)5;/h7-8,11H,6,9-10,12H2,1-5H3;1H/q+1;/p-1. The molecule has 0 aliphatic carbocycles. The fourth-order valence-corrected chi connectivity index (χ4v) is 3.56. The summed E-state index contributed by atoms with van der Waals surface area (Å²) >= 11 is 6.46. The summed E-state index contributed by atoms with van der Waals surface area (Å²) in [5, 5.41) is 1.44. The van der Waals surface area contributed by atoms with Gasteiger partial charge in [-0.15, -0.1) is 0 Å². The van der Waals surface area contributed by atoms with Crippen LogP contribution in [0.25, 0.3) is 10.9 Å². The van der Waals surface area contributed by atoms with E-state index in [1.807, 2.05) is 28.3 Å². The first-order valence-corrected chi connectivity index (χ1v) is 12.2. The lowest BCUT2D eigenvalue weighted by Gasteiger charge is -2.16. The van der Waals surface area contributed by atoms with E-state index in [9.17, 15) is 4.79 Å². The first-order valence-electron chi connectivity index (χ1n) is 8.15. The summed E-state index contributed by atoms with van der Waals surface area (Å²) in [4.78, 5) is 12.1. The van der Waals surface area contributed by atoms with Crippen molar-refractivity contribution in [2.75, 3.05) is 13.7 Å². The van der Waals surface area contributed by atoms with Gasteiger partial charge >= 0.3 is 5.97 Å². The van der Waals surface area contributed by atoms with Crippen molar-refractivity contribution in [1.82, 2.24) is 4.57 Å². The zero-order valence-electron chi connectivity index (χ0n) is 15.4. The predicted octanol–water partition coefficient (Wildman–Crippen LogP) is 0.705. The largest absolute Gasteiger partial charge is 1.00 e. The van der Waals surface area contributed by atoms with Gasteiger partial charge in [0, 0.05) is 20.7 Å². The number of aryl methyl sites for hydroxylation is 1. The van der Waals surface area contributed by atoms with E-state index in [0.717, 1.165) is 23.5 Å². The first-order chi connectivity index (χ1) is 11.3. The fourth-order valence-electron chi connectivity index (χ4n) is 2.48. The van der Waals surface area contributed by atoms with Crippen LogP contribution in [0.4, 0.5) is 0 Å². The molecule has 2 aromatic rings. The Morgan fingerprint density at radius 1 is 1.36 bits per heavy atom. The van der Waals surface area contributed by atoms with Gasteiger partial charge in [0.15, 0.2) is 6.20 Å². The lowest BCUT2D eigenvalue weighted by molar-refractivity contribution is -0.690. The van der Waals surface area contributed by atoms with Gasteiger partial charge in [0.05, 0.1) is 18.0 Å². The first kappa shape index (κ1) is 22.4. The average molecular weight is 497 g/mol. The highest BCUT2D eigenvalue weighted by atomic mass is 127. The van der Waals surface area contributed by atoms with Crippen LogP contribution in [0.2, 0.25) is 30.8 Å². The van der Waals surface area contributed by atoms with Gasteiger partial charge in [-0.3, -0.25) is 0 Å². The smallest absolute Gasteiger partial charge is 0.354 e. The number of methoxy groups -OCH3 is 1. The van der Waals surface area contributed by atoms with Crippen LogP contribution in [0.15, 0.2) is 18.3 Å². The number of nitrogens with zero attached hydrogens (tertiary/aromatic N) is 2. The van der Waals surface area contributed by atoms with E-state index in [-0.39, 0.29) is 29.9 Å². The van der Waals surface area contributed by atoms with Crippen molar-refractivity contribution in [2.45, 2.75) is 45.9 Å². The molecule has 0 saturated carbocycles. The fraction of sp³-hybridized carbons (Fsp3) is 0.529. The molecule has 0 N–H and O–H groups in total. The van der Waals surface area contributed by atoms with Crippen LogP contribution >= 0.6 is 11.6 Å². The normalized spacial score (nSPS) is 11.4. The SMILES string of the molecule is CC[n+]1ccc2c(cc(C(=O)OC)n2COCC[Si](C)(C)C)c1Cl.[I-]. The summed E-state index contributed by atoms with van der Waals surface area (Å²) in [7, 11) is 0.232. The molecule has 25 heavy (non-hydrogen) atoms. The molecular weight excluding hydrogens is 471 g/mol. The van der Waals surface area contributed by atoms with Crippen molar-refractivity contribution in [3.8, 4) is 0 Å². The summed E-state index contributed by atoms with van der Waals surface area (Å²) in [6, 6.07) is 4.81. The third kappa shape index (κ3) is 5.41. The van der Waals surface area contributed by atoms with Gasteiger partial charge in [-0.1, -0.05) is 19.6 Å². The van der Waals surface area contributed by atoms with E-state index in [1.165, 1.54) is 7.11 Å². The van der Waals surface area contributed by atoms with Gasteiger partial charge in [0.2, 0.25) is 0 Å². The molecule has 140 valence electrons. The summed E-state index contributed by atoms with van der Waals surface area (Å²) < 4.78 is 14.5. The molecular formula is C17H26ClIN2O3Si. The van der Waals surface area contributed by atoms with Crippen LogP contribution in [0, 0.1) is 0 Å². The minimum absolute atomic E-state index is 0. The minimum Gasteiger partial charge on any atom is -1.00 e. The summed E-state index contributed by atoms with van der Waals surface area (Å²) in [6.07, 6.45) is 1.92. The van der Waals surface area contributed by atoms with Gasteiger partial charge in [0.1, 0.15) is 19.0 Å². The lowest BCUT2D eigenvalue weighted by Crippen LogP contribution is -3.00. The Kier molecular flexibility index (Phi) is 8.37. The monoisotopic (exact) mass is 496 g/mol. The highest BCUT2D eigenvalue weighted by molar-refractivity contribution is 6.76. The maximum absolute atomic E-state index is 12.1. The van der Waals surface area contributed by atoms with Gasteiger partial charge in [-0.05, 0) is 30.6 Å². The Morgan fingerprint density at radius 3 is 2.60 bits per heavy atom. The number of pyridine rings is 1. The van der Waals surface area contributed by atoms with Crippen molar-refractivity contribution in [3.63, 3.8) is 0 Å². The van der Waals surface area contributed by atoms with Crippen LogP contribution in [-0.2, 0) is 22.7 Å². The molecule has 0 aromatic carbocycles. The highest BCUT2D eigenvalue weighted by Crippen LogP contribution is 2.25. The molecule has 0 unspecified atom stereocenters. The molecule has 2 aromatic heterocycles. The van der Waals surface area contributed by atoms with Crippen molar-refractivity contribution >= 4 is 36.5 Å². The topological polar surface area (TPSA) is 44.3 Å². The van der Waals surface area contributed by atoms with Crippen molar-refractivity contribution in [3.05, 3.63) is 29.2 Å². The third-order valence-corrected chi connectivity index (χ3v) is 6.10. The molecule has 5 nitrogen and oxygen atoms in total. The van der Waals surface area contributed by atoms with Gasteiger partial charge in [0.25, 0.3) is 5.15 Å². The van der Waals surface area contributed by atoms with E-state index >= 15 is 0 Å². The van der Waals surface area contributed by atoms with Crippen molar-refractivity contribution in [2.24, 2.45) is 0 Å². The second kappa shape index (κ2) is 9.34. The number of aromatic nitrogens is 2. The van der Waals surface area contributed by atoms with Crippen LogP contribution < -0.4 is 28.5 Å². The second-order valence-electron chi connectivity index (χ2n) is 6.99. The molecule has 0 spiro atoms. The van der Waals surface area contributed by atoms with E-state index < -0.39 is 8.07 Å². The molecule has 0 aliphatic heterocycles. The number of rotatable bonds is 7. The number of fused-ring (bicyclic) bond motifs is 1. The van der Waals surface area contributed by atoms with Crippen molar-refractivity contribution in [1.29, 1.82) is 0 Å². The predicted molar refractivity (Wildman–Crippen MR) is 98.3 cm³/mol. The summed E-state index contributed by atoms with van der Waals surface area (Å²) in [6.45, 7) is 10.7. The number of carbonyl (C=O) groups excluding carboxylic acids is 1. The number of esters is 1. The molecule has 0 bridgehead atoms. The molecule has 0 radical (unpaired) electrons. The van der Waals surface area contributed by atoms with Gasteiger partial charge in [-0.25, -0.2) is 4.79 Å². The molecule has 0 aliphatic rings. The molecule has 2 rings (SSSR count). The van der Waals surface area contributed by atoms with E-state index in [1.54, 1.807) is 6.07 Å². The second-order valence-corrected chi connectivity index (χ2v) is 13.0. The highest BCUT2D eigenvalue weighted by Gasteiger charge is 2.22. The molecule has 0 saturated heterocycles. The Bertz CT molecular complexity index is 744. The van der Waals surface area contributed by atoms with Crippen LogP contribution in [0.3, 0.4) is 0 Å². The maximum Gasteiger partial charge on any atom is 0.354 e. The van der Waals surface area contributed by atoms with Crippen LogP contribution in [0.1, 0.15) is 17.4 Å². The lowest BCUT2D eigenvalue weighted by atomic mass is 10.3. The Morgan fingerprint density at radius 2 is 2.04 bits per heavy atom. The number of halogens is 2. The quantitative estimate of drug-likeness (QED) is 0.142. The summed E-state index contributed by atoms with van der Waals surface area (Å²) in [5.41, 5.74) is 1.33. The van der Waals surface area contributed by atoms with E-state index in [4.69, 9.17) is 21.1 Å². The Balaban J connectivity index is 0.00000312. The average Bonchev–Trinajstić information content (AvgIpc) is 2.90. The van der Waals surface area contributed by atoms with Gasteiger partial charge < -0.3 is 38.0 Å². The molecule has 2 heterocycles.